The van der Waals surface area contributed by atoms with Gasteiger partial charge in [0.2, 0.25) is 0 Å². The van der Waals surface area contributed by atoms with E-state index < -0.39 is 0 Å². The van der Waals surface area contributed by atoms with Gasteiger partial charge in [-0.05, 0) is 37.5 Å². The molecule has 0 unspecified atom stereocenters. The van der Waals surface area contributed by atoms with Gasteiger partial charge in [0.25, 0.3) is 5.91 Å². The van der Waals surface area contributed by atoms with Crippen molar-refractivity contribution < 1.29 is 4.79 Å². The Bertz CT molecular complexity index is 522. The Labute approximate surface area is 132 Å². The largest absolute Gasteiger partial charge is 0.346 e. The van der Waals surface area contributed by atoms with Gasteiger partial charge < -0.3 is 10.2 Å². The normalized spacial score (nSPS) is 26.4. The van der Waals surface area contributed by atoms with Gasteiger partial charge >= 0.3 is 0 Å². The van der Waals surface area contributed by atoms with Crippen molar-refractivity contribution in [2.75, 3.05) is 19.6 Å². The van der Waals surface area contributed by atoms with E-state index in [-0.39, 0.29) is 11.9 Å². The number of carbonyl (C=O) groups is 1. The highest BCUT2D eigenvalue weighted by Gasteiger charge is 2.37. The zero-order chi connectivity index (χ0) is 15.7. The Hall–Kier alpha value is -1.43. The third-order valence-corrected chi connectivity index (χ3v) is 5.29. The van der Waals surface area contributed by atoms with Crippen LogP contribution < -0.4 is 5.32 Å². The fraction of sp³-hybridized carbons (Fsp3) is 0.812. The number of H-pyrrole nitrogens is 1. The molecule has 2 atom stereocenters. The molecule has 0 bridgehead atoms. The summed E-state index contributed by atoms with van der Waals surface area (Å²) >= 11 is 0. The van der Waals surface area contributed by atoms with E-state index in [1.54, 1.807) is 6.92 Å². The van der Waals surface area contributed by atoms with Gasteiger partial charge in [0.1, 0.15) is 0 Å². The Morgan fingerprint density at radius 3 is 2.68 bits per heavy atom. The highest BCUT2D eigenvalue weighted by atomic mass is 16.2. The lowest BCUT2D eigenvalue weighted by molar-refractivity contribution is 0.0919. The first-order valence-electron chi connectivity index (χ1n) is 8.45. The van der Waals surface area contributed by atoms with Crippen LogP contribution >= 0.6 is 0 Å². The smallest absolute Gasteiger partial charge is 0.274 e. The van der Waals surface area contributed by atoms with E-state index >= 15 is 0 Å². The molecule has 1 aromatic rings. The third kappa shape index (κ3) is 3.16. The number of nitrogens with one attached hydrogen (secondary N) is 2. The molecule has 2 aliphatic rings. The number of hydrogen-bond donors (Lipinski definition) is 2. The Morgan fingerprint density at radius 1 is 1.36 bits per heavy atom. The molecule has 22 heavy (non-hydrogen) atoms. The van der Waals surface area contributed by atoms with Crippen LogP contribution in [0.2, 0.25) is 0 Å². The molecule has 2 N–H and O–H groups in total. The SMILES string of the molecule is Cc1n[nH]nc1C(=O)N[C@@H]1CN(CC2CCC2)C[C@H]1C(C)C. The van der Waals surface area contributed by atoms with E-state index in [0.29, 0.717) is 23.2 Å². The monoisotopic (exact) mass is 305 g/mol. The molecule has 1 amide bonds. The van der Waals surface area contributed by atoms with Crippen molar-refractivity contribution >= 4 is 5.91 Å². The summed E-state index contributed by atoms with van der Waals surface area (Å²) in [6.07, 6.45) is 4.13. The van der Waals surface area contributed by atoms with E-state index in [1.807, 2.05) is 0 Å². The lowest BCUT2D eigenvalue weighted by Crippen LogP contribution is -2.42. The summed E-state index contributed by atoms with van der Waals surface area (Å²) in [6, 6.07) is 0.212. The van der Waals surface area contributed by atoms with Crippen molar-refractivity contribution in [2.45, 2.75) is 46.1 Å². The molecule has 122 valence electrons. The van der Waals surface area contributed by atoms with Crippen LogP contribution in [-0.2, 0) is 0 Å². The van der Waals surface area contributed by atoms with Crippen molar-refractivity contribution in [3.05, 3.63) is 11.4 Å². The van der Waals surface area contributed by atoms with Gasteiger partial charge in [-0.3, -0.25) is 4.79 Å². The lowest BCUT2D eigenvalue weighted by atomic mass is 9.85. The number of aromatic amines is 1. The van der Waals surface area contributed by atoms with Gasteiger partial charge in [0, 0.05) is 25.7 Å². The highest BCUT2D eigenvalue weighted by Crippen LogP contribution is 2.31. The molecule has 1 aromatic heterocycles. The molecule has 0 spiro atoms. The summed E-state index contributed by atoms with van der Waals surface area (Å²) in [7, 11) is 0. The molecule has 3 rings (SSSR count). The van der Waals surface area contributed by atoms with E-state index in [4.69, 9.17) is 0 Å². The second kappa shape index (κ2) is 6.36. The molecule has 1 saturated heterocycles. The van der Waals surface area contributed by atoms with Crippen LogP contribution in [0.1, 0.15) is 49.3 Å². The number of aromatic nitrogens is 3. The van der Waals surface area contributed by atoms with Gasteiger partial charge in [0.05, 0.1) is 5.69 Å². The Morgan fingerprint density at radius 2 is 2.14 bits per heavy atom. The second-order valence-corrected chi connectivity index (χ2v) is 7.26. The number of likely N-dealkylation sites (tertiary alicyclic amines) is 1. The number of hydrogen-bond acceptors (Lipinski definition) is 4. The van der Waals surface area contributed by atoms with Gasteiger partial charge in [-0.25, -0.2) is 0 Å². The topological polar surface area (TPSA) is 73.9 Å². The maximum atomic E-state index is 12.4. The first-order chi connectivity index (χ1) is 10.5. The van der Waals surface area contributed by atoms with Crippen molar-refractivity contribution in [1.29, 1.82) is 0 Å². The summed E-state index contributed by atoms with van der Waals surface area (Å²) in [6.45, 7) is 9.55. The maximum absolute atomic E-state index is 12.4. The standard InChI is InChI=1S/C16H27N5O/c1-10(2)13-8-21(7-12-5-4-6-12)9-14(13)17-16(22)15-11(3)18-20-19-15/h10,12-14H,4-9H2,1-3H3,(H,17,22)(H,18,19,20)/t13-,14+/m0/s1. The molecule has 2 heterocycles. The lowest BCUT2D eigenvalue weighted by Gasteiger charge is -2.30. The molecule has 6 heteroatoms. The van der Waals surface area contributed by atoms with Crippen LogP contribution in [0.3, 0.4) is 0 Å². The van der Waals surface area contributed by atoms with Crippen LogP contribution in [0.5, 0.6) is 0 Å². The van der Waals surface area contributed by atoms with Gasteiger partial charge in [0.15, 0.2) is 5.69 Å². The van der Waals surface area contributed by atoms with E-state index in [9.17, 15) is 4.79 Å². The number of rotatable bonds is 5. The predicted molar refractivity (Wildman–Crippen MR) is 84.5 cm³/mol. The van der Waals surface area contributed by atoms with E-state index in [0.717, 1.165) is 19.0 Å². The fourth-order valence-electron chi connectivity index (χ4n) is 3.67. The van der Waals surface area contributed by atoms with Gasteiger partial charge in [-0.2, -0.15) is 15.4 Å². The molecule has 1 saturated carbocycles. The average Bonchev–Trinajstić information content (AvgIpc) is 3.00. The van der Waals surface area contributed by atoms with Crippen molar-refractivity contribution in [3.63, 3.8) is 0 Å². The fourth-order valence-corrected chi connectivity index (χ4v) is 3.67. The zero-order valence-corrected chi connectivity index (χ0v) is 13.8. The van der Waals surface area contributed by atoms with Crippen LogP contribution in [0.15, 0.2) is 0 Å². The molecule has 6 nitrogen and oxygen atoms in total. The van der Waals surface area contributed by atoms with Crippen molar-refractivity contribution in [2.24, 2.45) is 17.8 Å². The van der Waals surface area contributed by atoms with Gasteiger partial charge in [-0.1, -0.05) is 20.3 Å². The van der Waals surface area contributed by atoms with Crippen LogP contribution in [-0.4, -0.2) is 51.9 Å². The zero-order valence-electron chi connectivity index (χ0n) is 13.8. The second-order valence-electron chi connectivity index (χ2n) is 7.26. The van der Waals surface area contributed by atoms with Crippen LogP contribution in [0, 0.1) is 24.7 Å². The summed E-state index contributed by atoms with van der Waals surface area (Å²) < 4.78 is 0. The third-order valence-electron chi connectivity index (χ3n) is 5.29. The molecule has 2 fully saturated rings. The number of carbonyl (C=O) groups excluding carboxylic acids is 1. The minimum atomic E-state index is -0.104. The maximum Gasteiger partial charge on any atom is 0.274 e. The quantitative estimate of drug-likeness (QED) is 0.866. The van der Waals surface area contributed by atoms with Crippen LogP contribution in [0.4, 0.5) is 0 Å². The molecular weight excluding hydrogens is 278 g/mol. The predicted octanol–water partition coefficient (Wildman–Crippen LogP) is 1.60. The summed E-state index contributed by atoms with van der Waals surface area (Å²) in [5, 5.41) is 13.6. The first kappa shape index (κ1) is 15.5. The minimum Gasteiger partial charge on any atom is -0.346 e. The molecule has 1 aliphatic heterocycles. The average molecular weight is 305 g/mol. The summed E-state index contributed by atoms with van der Waals surface area (Å²) in [5.41, 5.74) is 1.07. The number of nitrogens with zero attached hydrogens (tertiary/aromatic N) is 3. The Balaban J connectivity index is 1.62. The van der Waals surface area contributed by atoms with Crippen LogP contribution in [0.25, 0.3) is 0 Å². The first-order valence-corrected chi connectivity index (χ1v) is 8.45. The summed E-state index contributed by atoms with van der Waals surface area (Å²) in [5.74, 6) is 1.85. The molecule has 0 radical (unpaired) electrons. The van der Waals surface area contributed by atoms with E-state index in [1.165, 1.54) is 25.8 Å². The van der Waals surface area contributed by atoms with Crippen molar-refractivity contribution in [3.8, 4) is 0 Å². The molecular formula is C16H27N5O. The highest BCUT2D eigenvalue weighted by molar-refractivity contribution is 5.93. The molecule has 1 aliphatic carbocycles. The van der Waals surface area contributed by atoms with Crippen molar-refractivity contribution in [1.82, 2.24) is 25.6 Å². The minimum absolute atomic E-state index is 0.104. The number of amides is 1. The summed E-state index contributed by atoms with van der Waals surface area (Å²) in [4.78, 5) is 14.9. The van der Waals surface area contributed by atoms with Gasteiger partial charge in [-0.15, -0.1) is 0 Å². The molecule has 0 aromatic carbocycles. The number of aryl methyl sites for hydroxylation is 1. The Kier molecular flexibility index (Phi) is 4.47. The van der Waals surface area contributed by atoms with E-state index in [2.05, 4.69) is 39.5 Å².